The molecule has 1 aromatic rings. The van der Waals surface area contributed by atoms with Gasteiger partial charge in [0.1, 0.15) is 0 Å². The molecule has 8 nitrogen and oxygen atoms in total. The number of benzene rings is 1. The molecule has 1 rings (SSSR count). The van der Waals surface area contributed by atoms with Gasteiger partial charge < -0.3 is 22.1 Å². The van der Waals surface area contributed by atoms with Crippen LogP contribution >= 0.6 is 7.60 Å². The van der Waals surface area contributed by atoms with Crippen molar-refractivity contribution in [3.05, 3.63) is 47.8 Å². The van der Waals surface area contributed by atoms with Crippen LogP contribution in [0.25, 0.3) is 0 Å². The highest BCUT2D eigenvalue weighted by atomic mass is 31.2. The highest BCUT2D eigenvalue weighted by Gasteiger charge is 2.12. The Morgan fingerprint density at radius 3 is 2.21 bits per heavy atom. The fourth-order valence-corrected chi connectivity index (χ4v) is 1.47. The van der Waals surface area contributed by atoms with Gasteiger partial charge in [-0.2, -0.15) is 0 Å². The van der Waals surface area contributed by atoms with Gasteiger partial charge in [0.2, 0.25) is 0 Å². The lowest BCUT2D eigenvalue weighted by atomic mass is 10.2. The zero-order valence-corrected chi connectivity index (χ0v) is 11.1. The summed E-state index contributed by atoms with van der Waals surface area (Å²) in [5.74, 6) is -0.00457. The van der Waals surface area contributed by atoms with Crippen LogP contribution in [0.2, 0.25) is 0 Å². The molecule has 0 aliphatic carbocycles. The lowest BCUT2D eigenvalue weighted by molar-refractivity contribution is -0.0494. The summed E-state index contributed by atoms with van der Waals surface area (Å²) in [4.78, 5) is 28.6. The molecule has 0 bridgehead atoms. The monoisotopic (exact) mass is 291 g/mol. The van der Waals surface area contributed by atoms with E-state index in [1.54, 1.807) is 18.2 Å². The lowest BCUT2D eigenvalue weighted by Crippen LogP contribution is -2.27. The summed E-state index contributed by atoms with van der Waals surface area (Å²) < 4.78 is 10.5. The van der Waals surface area contributed by atoms with E-state index >= 15 is 0 Å². The average molecular weight is 291 g/mol. The van der Waals surface area contributed by atoms with Crippen LogP contribution < -0.4 is 12.3 Å². The van der Waals surface area contributed by atoms with E-state index in [2.05, 4.69) is 0 Å². The van der Waals surface area contributed by atoms with E-state index in [0.29, 0.717) is 16.4 Å². The Morgan fingerprint density at radius 2 is 1.74 bits per heavy atom. The largest absolute Gasteiger partial charge is 0.348 e. The van der Waals surface area contributed by atoms with Crippen molar-refractivity contribution in [2.75, 3.05) is 6.54 Å². The summed E-state index contributed by atoms with van der Waals surface area (Å²) in [5.41, 5.74) is 0.291. The van der Waals surface area contributed by atoms with Crippen LogP contribution in [0.1, 0.15) is 10.4 Å². The molecule has 1 amide bonds. The van der Waals surface area contributed by atoms with Crippen molar-refractivity contribution in [3.8, 4) is 0 Å². The van der Waals surface area contributed by atoms with Gasteiger partial charge in [0.15, 0.2) is 0 Å². The summed E-state index contributed by atoms with van der Waals surface area (Å²) in [7, 11) is -4.25. The number of hydroxylamine groups is 2. The van der Waals surface area contributed by atoms with Gasteiger partial charge in [0.25, 0.3) is 5.91 Å². The summed E-state index contributed by atoms with van der Waals surface area (Å²) in [6, 6.07) is 8.07. The minimum Gasteiger partial charge on any atom is -0.344 e. The Labute approximate surface area is 110 Å². The molecular formula is C10H18N3O5P. The second-order valence-corrected chi connectivity index (χ2v) is 4.70. The predicted octanol–water partition coefficient (Wildman–Crippen LogP) is 1.53. The summed E-state index contributed by atoms with van der Waals surface area (Å²) in [5, 5.41) is 9.72. The smallest absolute Gasteiger partial charge is 0.344 e. The third kappa shape index (κ3) is 7.47. The van der Waals surface area contributed by atoms with Crippen molar-refractivity contribution in [2.45, 2.75) is 0 Å². The summed E-state index contributed by atoms with van der Waals surface area (Å²) in [6.45, 7) is -0.293. The van der Waals surface area contributed by atoms with Crippen LogP contribution in [0.4, 0.5) is 0 Å². The van der Waals surface area contributed by atoms with Crippen LogP contribution in [0.5, 0.6) is 0 Å². The third-order valence-electron chi connectivity index (χ3n) is 1.83. The molecule has 0 radical (unpaired) electrons. The number of carbonyl (C=O) groups is 1. The quantitative estimate of drug-likeness (QED) is 0.318. The molecule has 0 aliphatic heterocycles. The van der Waals surface area contributed by atoms with Gasteiger partial charge in [0, 0.05) is 11.4 Å². The highest BCUT2D eigenvalue weighted by Crippen LogP contribution is 2.35. The third-order valence-corrected chi connectivity index (χ3v) is 2.43. The van der Waals surface area contributed by atoms with Crippen LogP contribution in [-0.4, -0.2) is 32.5 Å². The van der Waals surface area contributed by atoms with Gasteiger partial charge in [-0.1, -0.05) is 24.3 Å². The maximum atomic E-state index is 11.5. The number of amides is 1. The Kier molecular flexibility index (Phi) is 8.90. The van der Waals surface area contributed by atoms with E-state index < -0.39 is 13.5 Å². The topological polar surface area (TPSA) is 168 Å². The van der Waals surface area contributed by atoms with Crippen molar-refractivity contribution < 1.29 is 24.4 Å². The summed E-state index contributed by atoms with van der Waals surface area (Å²) >= 11 is 0. The first-order valence-electron chi connectivity index (χ1n) is 4.69. The van der Waals surface area contributed by atoms with Crippen molar-refractivity contribution in [2.24, 2.45) is 0 Å². The normalized spacial score (nSPS) is 10.5. The van der Waals surface area contributed by atoms with E-state index in [-0.39, 0.29) is 18.8 Å². The van der Waals surface area contributed by atoms with Gasteiger partial charge in [-0.05, 0) is 12.1 Å². The van der Waals surface area contributed by atoms with E-state index in [4.69, 9.17) is 9.79 Å². The molecule has 9 N–H and O–H groups in total. The number of nitrogens with zero attached hydrogens (tertiary/aromatic N) is 1. The SMILES string of the molecule is N.N.O=C(c1ccccc1)N(O)C/C=C/P(=O)(O)O. The zero-order chi connectivity index (χ0) is 12.9. The van der Waals surface area contributed by atoms with Crippen LogP contribution in [0.3, 0.4) is 0 Å². The van der Waals surface area contributed by atoms with E-state index in [0.717, 1.165) is 6.08 Å². The van der Waals surface area contributed by atoms with Crippen LogP contribution in [0.15, 0.2) is 42.2 Å². The molecule has 0 atom stereocenters. The Bertz CT molecular complexity index is 459. The Hall–Kier alpha value is -1.54. The first-order chi connectivity index (χ1) is 7.90. The van der Waals surface area contributed by atoms with E-state index in [9.17, 15) is 14.6 Å². The van der Waals surface area contributed by atoms with Gasteiger partial charge >= 0.3 is 7.60 Å². The molecule has 0 saturated carbocycles. The molecule has 0 aliphatic rings. The maximum absolute atomic E-state index is 11.5. The molecular weight excluding hydrogens is 273 g/mol. The molecule has 108 valence electrons. The zero-order valence-electron chi connectivity index (χ0n) is 10.2. The molecule has 0 unspecified atom stereocenters. The van der Waals surface area contributed by atoms with Gasteiger partial charge in [-0.25, -0.2) is 5.06 Å². The maximum Gasteiger partial charge on any atom is 0.348 e. The first kappa shape index (κ1) is 19.8. The van der Waals surface area contributed by atoms with Crippen molar-refractivity contribution in [3.63, 3.8) is 0 Å². The van der Waals surface area contributed by atoms with Crippen molar-refractivity contribution in [1.29, 1.82) is 0 Å². The van der Waals surface area contributed by atoms with E-state index in [1.807, 2.05) is 0 Å². The fraction of sp³-hybridized carbons (Fsp3) is 0.100. The molecule has 19 heavy (non-hydrogen) atoms. The minimum atomic E-state index is -4.25. The number of hydrogen-bond donors (Lipinski definition) is 5. The molecule has 1 aromatic carbocycles. The summed E-state index contributed by atoms with van der Waals surface area (Å²) in [6.07, 6.45) is 1.03. The molecule has 0 spiro atoms. The predicted molar refractivity (Wildman–Crippen MR) is 70.5 cm³/mol. The number of carbonyl (C=O) groups excluding carboxylic acids is 1. The fourth-order valence-electron chi connectivity index (χ4n) is 1.10. The van der Waals surface area contributed by atoms with Gasteiger partial charge in [-0.3, -0.25) is 14.6 Å². The second kappa shape index (κ2) is 8.54. The van der Waals surface area contributed by atoms with Crippen molar-refractivity contribution >= 4 is 13.5 Å². The average Bonchev–Trinajstić information content (AvgIpc) is 2.27. The first-order valence-corrected chi connectivity index (χ1v) is 6.37. The van der Waals surface area contributed by atoms with Crippen molar-refractivity contribution in [1.82, 2.24) is 17.4 Å². The molecule has 0 saturated heterocycles. The second-order valence-electron chi connectivity index (χ2n) is 3.23. The Morgan fingerprint density at radius 1 is 1.21 bits per heavy atom. The molecule has 0 aromatic heterocycles. The van der Waals surface area contributed by atoms with Crippen LogP contribution in [-0.2, 0) is 4.57 Å². The number of rotatable bonds is 4. The van der Waals surface area contributed by atoms with Gasteiger partial charge in [-0.15, -0.1) is 0 Å². The number of hydrogen-bond acceptors (Lipinski definition) is 5. The lowest BCUT2D eigenvalue weighted by Gasteiger charge is -2.12. The minimum absolute atomic E-state index is 0. The van der Waals surface area contributed by atoms with Crippen LogP contribution in [0, 0.1) is 0 Å². The molecule has 0 fully saturated rings. The molecule has 9 heteroatoms. The van der Waals surface area contributed by atoms with E-state index in [1.165, 1.54) is 12.1 Å². The standard InChI is InChI=1S/C10H12NO5P.2H3N/c12-10(9-5-2-1-3-6-9)11(13)7-4-8-17(14,15)16;;/h1-6,8,13H,7H2,(H2,14,15,16);2*1H3/b8-4+;;. The highest BCUT2D eigenvalue weighted by molar-refractivity contribution is 7.55. The molecule has 0 heterocycles. The Balaban J connectivity index is 0. The van der Waals surface area contributed by atoms with Gasteiger partial charge in [0.05, 0.1) is 6.54 Å².